The summed E-state index contributed by atoms with van der Waals surface area (Å²) < 4.78 is -0.542. The predicted molar refractivity (Wildman–Crippen MR) is 58.3 cm³/mol. The molecule has 0 aliphatic carbocycles. The zero-order valence-corrected chi connectivity index (χ0v) is 9.17. The Balaban J connectivity index is 2.71. The molecular formula is C8H7IN2O3. The van der Waals surface area contributed by atoms with Crippen molar-refractivity contribution in [2.24, 2.45) is 0 Å². The first-order valence-electron chi connectivity index (χ1n) is 3.75. The first-order valence-corrected chi connectivity index (χ1v) is 4.99. The molecule has 0 aliphatic heterocycles. The number of nitro groups is 1. The number of nitrogens with one attached hydrogen (secondary N) is 1. The van der Waals surface area contributed by atoms with Gasteiger partial charge in [0.15, 0.2) is 5.03 Å². The average Bonchev–Trinajstić information content (AvgIpc) is 2.17. The van der Waals surface area contributed by atoms with Crippen LogP contribution in [-0.2, 0) is 4.79 Å². The molecule has 1 amide bonds. The summed E-state index contributed by atoms with van der Waals surface area (Å²) in [7, 11) is 0. The quantitative estimate of drug-likeness (QED) is 0.398. The highest BCUT2D eigenvalue weighted by Crippen LogP contribution is 2.22. The Morgan fingerprint density at radius 2 is 2.00 bits per heavy atom. The number of carbonyl (C=O) groups is 1. The van der Waals surface area contributed by atoms with Gasteiger partial charge >= 0.3 is 0 Å². The van der Waals surface area contributed by atoms with Crippen LogP contribution in [0.2, 0.25) is 0 Å². The van der Waals surface area contributed by atoms with Gasteiger partial charge in [-0.25, -0.2) is 10.1 Å². The monoisotopic (exact) mass is 306 g/mol. The van der Waals surface area contributed by atoms with Gasteiger partial charge in [0.2, 0.25) is 0 Å². The fourth-order valence-corrected chi connectivity index (χ4v) is 1.47. The van der Waals surface area contributed by atoms with Crippen molar-refractivity contribution in [3.05, 3.63) is 46.0 Å². The van der Waals surface area contributed by atoms with Crippen molar-refractivity contribution in [3.8, 4) is 0 Å². The lowest BCUT2D eigenvalue weighted by molar-refractivity contribution is -0.530. The Morgan fingerprint density at radius 1 is 1.43 bits per heavy atom. The summed E-state index contributed by atoms with van der Waals surface area (Å²) in [5.41, 5.74) is 2.36. The maximum absolute atomic E-state index is 11.2. The minimum Gasteiger partial charge on any atom is -0.267 e. The van der Waals surface area contributed by atoms with Crippen LogP contribution in [0.25, 0.3) is 0 Å². The van der Waals surface area contributed by atoms with Gasteiger partial charge in [-0.1, -0.05) is 58.3 Å². The second-order valence-electron chi connectivity index (χ2n) is 2.51. The summed E-state index contributed by atoms with van der Waals surface area (Å²) in [4.78, 5) is 21.2. The van der Waals surface area contributed by atoms with Gasteiger partial charge in [0.25, 0.3) is 5.91 Å². The predicted octanol–water partition coefficient (Wildman–Crippen LogP) is 1.47. The van der Waals surface area contributed by atoms with Crippen molar-refractivity contribution in [3.63, 3.8) is 0 Å². The van der Waals surface area contributed by atoms with Gasteiger partial charge in [0.1, 0.15) is 3.92 Å². The van der Waals surface area contributed by atoms with Crippen molar-refractivity contribution in [1.29, 1.82) is 0 Å². The zero-order valence-electron chi connectivity index (χ0n) is 7.01. The molecule has 1 aromatic rings. The number of benzene rings is 1. The van der Waals surface area contributed by atoms with Crippen LogP contribution in [0, 0.1) is 10.1 Å². The van der Waals surface area contributed by atoms with E-state index in [2.05, 4.69) is 0 Å². The molecule has 0 spiro atoms. The first-order chi connectivity index (χ1) is 6.61. The number of hydrogen-bond donors (Lipinski definition) is 1. The second-order valence-corrected chi connectivity index (χ2v) is 3.75. The van der Waals surface area contributed by atoms with E-state index in [1.54, 1.807) is 29.7 Å². The van der Waals surface area contributed by atoms with Crippen molar-refractivity contribution < 1.29 is 9.83 Å². The van der Waals surface area contributed by atoms with Crippen LogP contribution in [0.1, 0.15) is 9.49 Å². The third-order valence-electron chi connectivity index (χ3n) is 1.52. The Morgan fingerprint density at radius 3 is 2.50 bits per heavy atom. The Labute approximate surface area is 93.8 Å². The van der Waals surface area contributed by atoms with E-state index in [9.17, 15) is 14.9 Å². The Kier molecular flexibility index (Phi) is 3.81. The molecule has 6 heteroatoms. The molecule has 0 bridgehead atoms. The van der Waals surface area contributed by atoms with Gasteiger partial charge in [-0.2, -0.15) is 0 Å². The van der Waals surface area contributed by atoms with Gasteiger partial charge in [-0.15, -0.1) is 0 Å². The molecule has 0 saturated heterocycles. The Hall–Kier alpha value is -1.18. The average molecular weight is 306 g/mol. The summed E-state index contributed by atoms with van der Waals surface area (Å²) in [6.45, 7) is 0. The summed E-state index contributed by atoms with van der Waals surface area (Å²) in [6, 6.07) is 8.87. The van der Waals surface area contributed by atoms with Crippen LogP contribution >= 0.6 is 22.6 Å². The third kappa shape index (κ3) is 2.95. The summed E-state index contributed by atoms with van der Waals surface area (Å²) in [5, 5.41) is 9.17. The second kappa shape index (κ2) is 4.89. The number of rotatable bonds is 3. The summed E-state index contributed by atoms with van der Waals surface area (Å²) in [6.07, 6.45) is 0. The minimum atomic E-state index is -0.850. The lowest BCUT2D eigenvalue weighted by Crippen LogP contribution is -2.31. The Bertz CT molecular complexity index is 342. The maximum Gasteiger partial charge on any atom is 0.297 e. The van der Waals surface area contributed by atoms with Crippen molar-refractivity contribution in [1.82, 2.24) is 5.43 Å². The van der Waals surface area contributed by atoms with Gasteiger partial charge in [0, 0.05) is 0 Å². The number of hydrogen-bond acceptors (Lipinski definition) is 3. The highest BCUT2D eigenvalue weighted by atomic mass is 127. The normalized spacial score (nSPS) is 11.8. The molecule has 0 aromatic heterocycles. The number of hydrazine groups is 1. The highest BCUT2D eigenvalue weighted by Gasteiger charge is 2.20. The fourth-order valence-electron chi connectivity index (χ4n) is 0.920. The van der Waals surface area contributed by atoms with E-state index in [0.717, 1.165) is 5.56 Å². The molecule has 1 aromatic carbocycles. The molecule has 5 nitrogen and oxygen atoms in total. The van der Waals surface area contributed by atoms with E-state index in [4.69, 9.17) is 0 Å². The number of nitrogens with zero attached hydrogens (tertiary/aromatic N) is 1. The van der Waals surface area contributed by atoms with Gasteiger partial charge < -0.3 is 0 Å². The van der Waals surface area contributed by atoms with E-state index in [-0.39, 0.29) is 0 Å². The van der Waals surface area contributed by atoms with Crippen LogP contribution in [-0.4, -0.2) is 10.9 Å². The highest BCUT2D eigenvalue weighted by molar-refractivity contribution is 14.1. The molecule has 0 saturated carbocycles. The van der Waals surface area contributed by atoms with E-state index in [1.165, 1.54) is 0 Å². The molecule has 0 heterocycles. The lowest BCUT2D eigenvalue weighted by Gasteiger charge is -2.05. The smallest absolute Gasteiger partial charge is 0.267 e. The molecule has 1 N–H and O–H groups in total. The maximum atomic E-state index is 11.2. The van der Waals surface area contributed by atoms with E-state index >= 15 is 0 Å². The molecule has 74 valence electrons. The summed E-state index contributed by atoms with van der Waals surface area (Å²) in [5.74, 6) is -0.623. The molecule has 1 atom stereocenters. The molecular weight excluding hydrogens is 299 g/mol. The lowest BCUT2D eigenvalue weighted by atomic mass is 10.1. The van der Waals surface area contributed by atoms with Crippen LogP contribution < -0.4 is 5.43 Å². The van der Waals surface area contributed by atoms with Crippen LogP contribution in [0.15, 0.2) is 30.3 Å². The topological polar surface area (TPSA) is 72.2 Å². The molecule has 1 unspecified atom stereocenters. The van der Waals surface area contributed by atoms with Crippen LogP contribution in [0.5, 0.6) is 0 Å². The van der Waals surface area contributed by atoms with Gasteiger partial charge in [-0.05, 0) is 5.56 Å². The minimum absolute atomic E-state index is 0.542. The number of alkyl halides is 1. The van der Waals surface area contributed by atoms with E-state index in [1.807, 2.05) is 28.7 Å². The molecule has 1 rings (SSSR count). The van der Waals surface area contributed by atoms with Crippen molar-refractivity contribution >= 4 is 28.5 Å². The molecule has 0 fully saturated rings. The first kappa shape index (κ1) is 10.9. The van der Waals surface area contributed by atoms with Crippen molar-refractivity contribution in [2.75, 3.05) is 0 Å². The van der Waals surface area contributed by atoms with E-state index in [0.29, 0.717) is 0 Å². The fraction of sp³-hybridized carbons (Fsp3) is 0.125. The number of halogens is 1. The van der Waals surface area contributed by atoms with Crippen LogP contribution in [0.4, 0.5) is 0 Å². The zero-order chi connectivity index (χ0) is 10.6. The third-order valence-corrected chi connectivity index (χ3v) is 2.81. The van der Waals surface area contributed by atoms with Crippen molar-refractivity contribution in [2.45, 2.75) is 3.92 Å². The number of amides is 1. The SMILES string of the molecule is O=C(N[N+](=O)[O-])C(I)c1ccccc1. The molecule has 0 radical (unpaired) electrons. The van der Waals surface area contributed by atoms with Gasteiger partial charge in [-0.3, -0.25) is 4.79 Å². The standard InChI is InChI=1S/C8H7IN2O3/c9-7(8(12)10-11(13)14)6-4-2-1-3-5-6/h1-5,7H,(H,10,12). The number of carbonyl (C=O) groups excluding carboxylic acids is 1. The largest absolute Gasteiger partial charge is 0.297 e. The van der Waals surface area contributed by atoms with E-state index < -0.39 is 14.9 Å². The summed E-state index contributed by atoms with van der Waals surface area (Å²) >= 11 is 1.85. The molecule has 0 aliphatic rings. The van der Waals surface area contributed by atoms with Gasteiger partial charge in [0.05, 0.1) is 0 Å². The molecule has 14 heavy (non-hydrogen) atoms. The van der Waals surface area contributed by atoms with Crippen LogP contribution in [0.3, 0.4) is 0 Å².